The second kappa shape index (κ2) is 11.1. The van der Waals surface area contributed by atoms with Gasteiger partial charge in [-0.1, -0.05) is 66.7 Å². The first-order valence-corrected chi connectivity index (χ1v) is 13.0. The Morgan fingerprint density at radius 1 is 1.05 bits per heavy atom. The van der Waals surface area contributed by atoms with E-state index in [1.54, 1.807) is 0 Å². The number of carbonyl (C=O) groups is 1. The van der Waals surface area contributed by atoms with Crippen LogP contribution >= 0.6 is 0 Å². The summed E-state index contributed by atoms with van der Waals surface area (Å²) in [4.78, 5) is 13.4. The summed E-state index contributed by atoms with van der Waals surface area (Å²) in [5.41, 5.74) is 5.85. The lowest BCUT2D eigenvalue weighted by atomic mass is 9.89. The number of aryl methyl sites for hydroxylation is 1. The van der Waals surface area contributed by atoms with E-state index in [0.717, 1.165) is 37.2 Å². The van der Waals surface area contributed by atoms with E-state index in [-0.39, 0.29) is 12.6 Å². The number of hydrogen-bond donors (Lipinski definition) is 2. The van der Waals surface area contributed by atoms with Crippen LogP contribution in [0.4, 0.5) is 11.4 Å². The summed E-state index contributed by atoms with van der Waals surface area (Å²) in [5, 5.41) is 15.4. The van der Waals surface area contributed by atoms with E-state index in [4.69, 9.17) is 9.84 Å². The van der Waals surface area contributed by atoms with Crippen LogP contribution in [-0.4, -0.2) is 30.8 Å². The molecule has 1 heterocycles. The predicted molar refractivity (Wildman–Crippen MR) is 150 cm³/mol. The molecule has 2 atom stereocenters. The molecule has 4 aromatic rings. The van der Waals surface area contributed by atoms with Gasteiger partial charge < -0.3 is 20.1 Å². The third kappa shape index (κ3) is 5.62. The maximum atomic E-state index is 11.0. The molecular formula is C32H34N2O3. The summed E-state index contributed by atoms with van der Waals surface area (Å²) < 4.78 is 5.57. The number of aliphatic carboxylic acids is 1. The molecule has 5 nitrogen and oxygen atoms in total. The summed E-state index contributed by atoms with van der Waals surface area (Å²) in [7, 11) is 0. The molecule has 2 unspecified atom stereocenters. The molecule has 0 fully saturated rings. The Morgan fingerprint density at radius 3 is 2.70 bits per heavy atom. The van der Waals surface area contributed by atoms with Crippen molar-refractivity contribution in [1.82, 2.24) is 5.32 Å². The second-order valence-electron chi connectivity index (χ2n) is 9.97. The van der Waals surface area contributed by atoms with E-state index in [2.05, 4.69) is 89.9 Å². The SMILES string of the molecule is Cc1ccc(N2CC(CCNC(C)c3cccc4ccccc34)Cc3ccccc32)cc1OCC(=O)O. The maximum Gasteiger partial charge on any atom is 0.341 e. The predicted octanol–water partition coefficient (Wildman–Crippen LogP) is 6.66. The van der Waals surface area contributed by atoms with E-state index < -0.39 is 5.97 Å². The van der Waals surface area contributed by atoms with Crippen molar-refractivity contribution in [2.24, 2.45) is 5.92 Å². The van der Waals surface area contributed by atoms with Crippen LogP contribution in [0.5, 0.6) is 5.75 Å². The maximum absolute atomic E-state index is 11.0. The monoisotopic (exact) mass is 494 g/mol. The van der Waals surface area contributed by atoms with E-state index in [1.807, 2.05) is 19.1 Å². The Hall–Kier alpha value is -3.83. The van der Waals surface area contributed by atoms with E-state index >= 15 is 0 Å². The van der Waals surface area contributed by atoms with Crippen LogP contribution in [0.3, 0.4) is 0 Å². The van der Waals surface area contributed by atoms with Crippen molar-refractivity contribution >= 4 is 28.1 Å². The molecule has 0 amide bonds. The number of carboxylic acids is 1. The lowest BCUT2D eigenvalue weighted by Crippen LogP contribution is -2.34. The highest BCUT2D eigenvalue weighted by molar-refractivity contribution is 5.86. The molecule has 4 aromatic carbocycles. The van der Waals surface area contributed by atoms with Gasteiger partial charge in [-0.05, 0) is 78.7 Å². The standard InChI is InChI=1S/C32H34N2O3/c1-22-14-15-27(19-31(22)37-21-32(35)36)34-20-24(18-26-9-4-6-13-30(26)34)16-17-33-23(2)28-12-7-10-25-8-3-5-11-29(25)28/h3-15,19,23-24,33H,16-18,20-21H2,1-2H3,(H,35,36). The van der Waals surface area contributed by atoms with Gasteiger partial charge in [-0.2, -0.15) is 0 Å². The van der Waals surface area contributed by atoms with Gasteiger partial charge in [-0.3, -0.25) is 0 Å². The van der Waals surface area contributed by atoms with Gasteiger partial charge in [0.25, 0.3) is 0 Å². The summed E-state index contributed by atoms with van der Waals surface area (Å²) in [6.07, 6.45) is 2.11. The van der Waals surface area contributed by atoms with Crippen LogP contribution in [-0.2, 0) is 11.2 Å². The van der Waals surface area contributed by atoms with Crippen molar-refractivity contribution in [1.29, 1.82) is 0 Å². The Morgan fingerprint density at radius 2 is 1.84 bits per heavy atom. The van der Waals surface area contributed by atoms with Crippen molar-refractivity contribution in [2.75, 3.05) is 24.6 Å². The van der Waals surface area contributed by atoms with Gasteiger partial charge in [0.05, 0.1) is 0 Å². The fourth-order valence-corrected chi connectivity index (χ4v) is 5.41. The Balaban J connectivity index is 1.30. The number of hydrogen-bond acceptors (Lipinski definition) is 4. The number of benzene rings is 4. The van der Waals surface area contributed by atoms with Crippen LogP contribution in [0.15, 0.2) is 84.9 Å². The van der Waals surface area contributed by atoms with E-state index in [1.165, 1.54) is 27.6 Å². The molecule has 1 aliphatic heterocycles. The largest absolute Gasteiger partial charge is 0.482 e. The highest BCUT2D eigenvalue weighted by atomic mass is 16.5. The fourth-order valence-electron chi connectivity index (χ4n) is 5.41. The van der Waals surface area contributed by atoms with E-state index in [0.29, 0.717) is 11.7 Å². The van der Waals surface area contributed by atoms with Crippen molar-refractivity contribution in [3.05, 3.63) is 102 Å². The van der Waals surface area contributed by atoms with Gasteiger partial charge in [-0.15, -0.1) is 0 Å². The molecule has 0 spiro atoms. The van der Waals surface area contributed by atoms with Gasteiger partial charge in [-0.25, -0.2) is 4.79 Å². The Bertz CT molecular complexity index is 1390. The lowest BCUT2D eigenvalue weighted by Gasteiger charge is -2.36. The number of ether oxygens (including phenoxy) is 1. The number of fused-ring (bicyclic) bond motifs is 2. The summed E-state index contributed by atoms with van der Waals surface area (Å²) in [5.74, 6) is 0.135. The normalized spacial score (nSPS) is 15.8. The molecule has 0 aromatic heterocycles. The van der Waals surface area contributed by atoms with Gasteiger partial charge >= 0.3 is 5.97 Å². The van der Waals surface area contributed by atoms with Crippen molar-refractivity contribution < 1.29 is 14.6 Å². The average Bonchev–Trinajstić information content (AvgIpc) is 2.91. The summed E-state index contributed by atoms with van der Waals surface area (Å²) >= 11 is 0. The van der Waals surface area contributed by atoms with Gasteiger partial charge in [0.15, 0.2) is 6.61 Å². The zero-order valence-electron chi connectivity index (χ0n) is 21.5. The molecule has 1 aliphatic rings. The first-order valence-electron chi connectivity index (χ1n) is 13.0. The smallest absolute Gasteiger partial charge is 0.341 e. The van der Waals surface area contributed by atoms with Crippen LogP contribution in [0.1, 0.15) is 36.1 Å². The van der Waals surface area contributed by atoms with Crippen molar-refractivity contribution in [3.63, 3.8) is 0 Å². The van der Waals surface area contributed by atoms with Crippen molar-refractivity contribution in [3.8, 4) is 5.75 Å². The van der Waals surface area contributed by atoms with Crippen LogP contribution in [0.2, 0.25) is 0 Å². The number of para-hydroxylation sites is 1. The molecule has 0 radical (unpaired) electrons. The molecule has 0 bridgehead atoms. The topological polar surface area (TPSA) is 61.8 Å². The second-order valence-corrected chi connectivity index (χ2v) is 9.97. The quantitative estimate of drug-likeness (QED) is 0.272. The molecule has 5 rings (SSSR count). The Labute approximate surface area is 218 Å². The van der Waals surface area contributed by atoms with Gasteiger partial charge in [0.2, 0.25) is 0 Å². The molecule has 190 valence electrons. The minimum absolute atomic E-state index is 0.268. The molecule has 5 heteroatoms. The first kappa shape index (κ1) is 24.8. The van der Waals surface area contributed by atoms with Gasteiger partial charge in [0.1, 0.15) is 5.75 Å². The zero-order valence-corrected chi connectivity index (χ0v) is 21.5. The number of carboxylic acid groups (broad SMARTS) is 1. The Kier molecular flexibility index (Phi) is 7.42. The van der Waals surface area contributed by atoms with Gasteiger partial charge in [0, 0.05) is 30.0 Å². The van der Waals surface area contributed by atoms with Crippen LogP contribution in [0, 0.1) is 12.8 Å². The molecule has 0 aliphatic carbocycles. The lowest BCUT2D eigenvalue weighted by molar-refractivity contribution is -0.139. The number of anilines is 2. The highest BCUT2D eigenvalue weighted by Crippen LogP contribution is 2.38. The van der Waals surface area contributed by atoms with Crippen LogP contribution in [0.25, 0.3) is 10.8 Å². The van der Waals surface area contributed by atoms with Crippen LogP contribution < -0.4 is 15.0 Å². The zero-order chi connectivity index (χ0) is 25.8. The van der Waals surface area contributed by atoms with E-state index in [9.17, 15) is 4.79 Å². The molecule has 2 N–H and O–H groups in total. The number of nitrogens with one attached hydrogen (secondary N) is 1. The summed E-state index contributed by atoms with van der Waals surface area (Å²) in [6.45, 7) is 5.69. The minimum atomic E-state index is -0.974. The molecule has 0 saturated carbocycles. The number of rotatable bonds is 9. The first-order chi connectivity index (χ1) is 18.0. The fraction of sp³-hybridized carbons (Fsp3) is 0.281. The molecular weight excluding hydrogens is 460 g/mol. The summed E-state index contributed by atoms with van der Waals surface area (Å²) in [6, 6.07) is 30.0. The third-order valence-corrected chi connectivity index (χ3v) is 7.36. The average molecular weight is 495 g/mol. The minimum Gasteiger partial charge on any atom is -0.482 e. The molecule has 37 heavy (non-hydrogen) atoms. The highest BCUT2D eigenvalue weighted by Gasteiger charge is 2.26. The molecule has 0 saturated heterocycles. The van der Waals surface area contributed by atoms with Crippen molar-refractivity contribution in [2.45, 2.75) is 32.7 Å². The number of nitrogens with zero attached hydrogens (tertiary/aromatic N) is 1. The third-order valence-electron chi connectivity index (χ3n) is 7.36.